The van der Waals surface area contributed by atoms with Crippen LogP contribution >= 0.6 is 0 Å². The molecule has 0 aromatic heterocycles. The van der Waals surface area contributed by atoms with Gasteiger partial charge in [0.1, 0.15) is 0 Å². The second kappa shape index (κ2) is 5.13. The van der Waals surface area contributed by atoms with E-state index in [-0.39, 0.29) is 10.7 Å². The summed E-state index contributed by atoms with van der Waals surface area (Å²) in [5.41, 5.74) is 1.45. The molecule has 0 aliphatic carbocycles. The van der Waals surface area contributed by atoms with Gasteiger partial charge in [-0.2, -0.15) is 0 Å². The Morgan fingerprint density at radius 3 is 2.12 bits per heavy atom. The lowest BCUT2D eigenvalue weighted by molar-refractivity contribution is 0.375. The molecule has 16 heavy (non-hydrogen) atoms. The summed E-state index contributed by atoms with van der Waals surface area (Å²) in [6.07, 6.45) is 0.980. The Kier molecular flexibility index (Phi) is 4.31. The fourth-order valence-electron chi connectivity index (χ4n) is 1.84. The lowest BCUT2D eigenvalue weighted by Crippen LogP contribution is -2.19. The number of aryl methyl sites for hydroxylation is 1. The zero-order valence-electron chi connectivity index (χ0n) is 10.9. The van der Waals surface area contributed by atoms with Gasteiger partial charge in [-0.1, -0.05) is 45.4 Å². The quantitative estimate of drug-likeness (QED) is 0.780. The van der Waals surface area contributed by atoms with E-state index in [9.17, 15) is 4.21 Å². The molecule has 2 atom stereocenters. The minimum atomic E-state index is -0.883. The standard InChI is InChI=1S/C14H22OS/c1-11-6-8-13(9-7-11)16(15)12(2)10-14(3,4)5/h6-9,12H,10H2,1-5H3/t12-,16?/m1/s1. The Morgan fingerprint density at radius 2 is 1.69 bits per heavy atom. The smallest absolute Gasteiger partial charge is 0.0558 e. The third-order valence-electron chi connectivity index (χ3n) is 2.52. The number of benzene rings is 1. The molecule has 0 saturated carbocycles. The number of hydrogen-bond donors (Lipinski definition) is 0. The topological polar surface area (TPSA) is 17.1 Å². The average Bonchev–Trinajstić information content (AvgIpc) is 2.15. The molecular weight excluding hydrogens is 216 g/mol. The van der Waals surface area contributed by atoms with Crippen molar-refractivity contribution in [2.45, 2.75) is 51.2 Å². The van der Waals surface area contributed by atoms with Crippen molar-refractivity contribution in [3.63, 3.8) is 0 Å². The molecule has 0 bridgehead atoms. The zero-order chi connectivity index (χ0) is 12.3. The van der Waals surface area contributed by atoms with Crippen LogP contribution in [-0.2, 0) is 10.8 Å². The summed E-state index contributed by atoms with van der Waals surface area (Å²) in [5.74, 6) is 0. The van der Waals surface area contributed by atoms with E-state index >= 15 is 0 Å². The van der Waals surface area contributed by atoms with Crippen LogP contribution in [0.5, 0.6) is 0 Å². The minimum Gasteiger partial charge on any atom is -0.254 e. The van der Waals surface area contributed by atoms with Crippen LogP contribution in [0.2, 0.25) is 0 Å². The molecule has 0 aliphatic rings. The van der Waals surface area contributed by atoms with Crippen LogP contribution in [0, 0.1) is 12.3 Å². The van der Waals surface area contributed by atoms with Crippen molar-refractivity contribution in [3.05, 3.63) is 29.8 Å². The fourth-order valence-corrected chi connectivity index (χ4v) is 3.36. The molecule has 1 nitrogen and oxygen atoms in total. The predicted octanol–water partition coefficient (Wildman–Crippen LogP) is 3.93. The van der Waals surface area contributed by atoms with Gasteiger partial charge < -0.3 is 0 Å². The molecule has 1 aromatic rings. The first-order valence-corrected chi connectivity index (χ1v) is 6.98. The molecule has 0 aliphatic heterocycles. The van der Waals surface area contributed by atoms with Crippen molar-refractivity contribution in [1.29, 1.82) is 0 Å². The highest BCUT2D eigenvalue weighted by molar-refractivity contribution is 7.85. The van der Waals surface area contributed by atoms with Gasteiger partial charge in [0.05, 0.1) is 10.8 Å². The highest BCUT2D eigenvalue weighted by atomic mass is 32.2. The van der Waals surface area contributed by atoms with Gasteiger partial charge in [-0.05, 0) is 30.9 Å². The van der Waals surface area contributed by atoms with E-state index < -0.39 is 10.8 Å². The van der Waals surface area contributed by atoms with E-state index in [0.717, 1.165) is 11.3 Å². The van der Waals surface area contributed by atoms with E-state index in [1.54, 1.807) is 0 Å². The highest BCUT2D eigenvalue weighted by Gasteiger charge is 2.20. The molecule has 1 aromatic carbocycles. The molecule has 2 heteroatoms. The first kappa shape index (κ1) is 13.4. The fraction of sp³-hybridized carbons (Fsp3) is 0.571. The first-order valence-electron chi connectivity index (χ1n) is 5.77. The van der Waals surface area contributed by atoms with E-state index in [4.69, 9.17) is 0 Å². The van der Waals surface area contributed by atoms with Gasteiger partial charge in [0.15, 0.2) is 0 Å². The van der Waals surface area contributed by atoms with Crippen LogP contribution in [0.1, 0.15) is 39.7 Å². The molecule has 0 saturated heterocycles. The van der Waals surface area contributed by atoms with Crippen molar-refractivity contribution in [1.82, 2.24) is 0 Å². The molecule has 90 valence electrons. The largest absolute Gasteiger partial charge is 0.254 e. The first-order chi connectivity index (χ1) is 7.29. The van der Waals surface area contributed by atoms with E-state index in [1.165, 1.54) is 5.56 Å². The molecule has 0 spiro atoms. The second-order valence-corrected chi connectivity index (χ2v) is 7.56. The predicted molar refractivity (Wildman–Crippen MR) is 71.1 cm³/mol. The zero-order valence-corrected chi connectivity index (χ0v) is 11.7. The normalized spacial score (nSPS) is 15.8. The maximum absolute atomic E-state index is 12.2. The van der Waals surface area contributed by atoms with E-state index in [2.05, 4.69) is 27.7 Å². The van der Waals surface area contributed by atoms with Gasteiger partial charge in [0.2, 0.25) is 0 Å². The Labute approximate surface area is 102 Å². The molecule has 0 amide bonds. The summed E-state index contributed by atoms with van der Waals surface area (Å²) < 4.78 is 12.2. The van der Waals surface area contributed by atoms with Crippen LogP contribution in [0.25, 0.3) is 0 Å². The van der Waals surface area contributed by atoms with Gasteiger partial charge in [-0.3, -0.25) is 4.21 Å². The molecular formula is C14H22OS. The minimum absolute atomic E-state index is 0.211. The average molecular weight is 238 g/mol. The third kappa shape index (κ3) is 4.09. The Hall–Kier alpha value is -0.630. The summed E-state index contributed by atoms with van der Waals surface area (Å²) in [7, 11) is -0.883. The molecule has 1 rings (SSSR count). The van der Waals surface area contributed by atoms with Gasteiger partial charge >= 0.3 is 0 Å². The van der Waals surface area contributed by atoms with Crippen molar-refractivity contribution >= 4 is 10.8 Å². The van der Waals surface area contributed by atoms with Crippen molar-refractivity contribution in [2.24, 2.45) is 5.41 Å². The van der Waals surface area contributed by atoms with Gasteiger partial charge in [-0.25, -0.2) is 0 Å². The summed E-state index contributed by atoms with van der Waals surface area (Å²) in [6.45, 7) is 10.7. The highest BCUT2D eigenvalue weighted by Crippen LogP contribution is 2.25. The van der Waals surface area contributed by atoms with Crippen LogP contribution < -0.4 is 0 Å². The van der Waals surface area contributed by atoms with Crippen LogP contribution in [-0.4, -0.2) is 9.46 Å². The van der Waals surface area contributed by atoms with Crippen molar-refractivity contribution < 1.29 is 4.21 Å². The van der Waals surface area contributed by atoms with E-state index in [1.807, 2.05) is 31.2 Å². The Morgan fingerprint density at radius 1 is 1.19 bits per heavy atom. The Balaban J connectivity index is 2.74. The molecule has 0 fully saturated rings. The monoisotopic (exact) mass is 238 g/mol. The van der Waals surface area contributed by atoms with Gasteiger partial charge in [0, 0.05) is 10.1 Å². The molecule has 0 heterocycles. The summed E-state index contributed by atoms with van der Waals surface area (Å²) in [4.78, 5) is 0.947. The van der Waals surface area contributed by atoms with Crippen LogP contribution in [0.3, 0.4) is 0 Å². The van der Waals surface area contributed by atoms with Gasteiger partial charge in [0.25, 0.3) is 0 Å². The summed E-state index contributed by atoms with van der Waals surface area (Å²) >= 11 is 0. The lowest BCUT2D eigenvalue weighted by atomic mass is 9.91. The molecule has 0 N–H and O–H groups in total. The van der Waals surface area contributed by atoms with E-state index in [0.29, 0.717) is 0 Å². The SMILES string of the molecule is Cc1ccc(S(=O)[C@H](C)CC(C)(C)C)cc1. The summed E-state index contributed by atoms with van der Waals surface area (Å²) in [6, 6.07) is 8.00. The van der Waals surface area contributed by atoms with Gasteiger partial charge in [-0.15, -0.1) is 0 Å². The maximum atomic E-state index is 12.2. The van der Waals surface area contributed by atoms with Crippen LogP contribution in [0.15, 0.2) is 29.2 Å². The lowest BCUT2D eigenvalue weighted by Gasteiger charge is -2.22. The number of hydrogen-bond acceptors (Lipinski definition) is 1. The van der Waals surface area contributed by atoms with Crippen LogP contribution in [0.4, 0.5) is 0 Å². The number of rotatable bonds is 3. The third-order valence-corrected chi connectivity index (χ3v) is 4.15. The van der Waals surface area contributed by atoms with Crippen molar-refractivity contribution in [2.75, 3.05) is 0 Å². The maximum Gasteiger partial charge on any atom is 0.0558 e. The molecule has 1 unspecified atom stereocenters. The summed E-state index contributed by atoms with van der Waals surface area (Å²) in [5, 5.41) is 0.211. The Bertz CT molecular complexity index is 359. The van der Waals surface area contributed by atoms with Crippen molar-refractivity contribution in [3.8, 4) is 0 Å². The molecule has 0 radical (unpaired) electrons. The second-order valence-electron chi connectivity index (χ2n) is 5.69.